The Labute approximate surface area is 215 Å². The van der Waals surface area contributed by atoms with Gasteiger partial charge in [-0.3, -0.25) is 20.2 Å². The zero-order chi connectivity index (χ0) is 25.4. The van der Waals surface area contributed by atoms with Crippen molar-refractivity contribution in [3.05, 3.63) is 34.8 Å². The number of hydrogen-bond donors (Lipinski definition) is 2. The number of carbonyl (C=O) groups is 2. The van der Waals surface area contributed by atoms with Crippen molar-refractivity contribution < 1.29 is 18.0 Å². The van der Waals surface area contributed by atoms with Crippen molar-refractivity contribution in [3.63, 3.8) is 0 Å². The average molecular weight is 556 g/mol. The lowest BCUT2D eigenvalue weighted by Gasteiger charge is -2.21. The normalized spacial score (nSPS) is 11.5. The van der Waals surface area contributed by atoms with E-state index in [1.165, 1.54) is 51.7 Å². The minimum atomic E-state index is -3.62. The van der Waals surface area contributed by atoms with Gasteiger partial charge in [0.15, 0.2) is 4.34 Å². The Morgan fingerprint density at radius 2 is 1.57 bits per heavy atom. The lowest BCUT2D eigenvalue weighted by molar-refractivity contribution is -0.113. The summed E-state index contributed by atoms with van der Waals surface area (Å²) in [5, 5.41) is 22.3. The maximum atomic E-state index is 12.9. The van der Waals surface area contributed by atoms with Gasteiger partial charge in [0, 0.05) is 18.7 Å². The van der Waals surface area contributed by atoms with Crippen LogP contribution in [0, 0.1) is 6.92 Å². The van der Waals surface area contributed by atoms with Crippen LogP contribution in [0.5, 0.6) is 0 Å². The number of nitrogens with zero attached hydrogens (tertiary/aromatic N) is 5. The molecule has 188 valence electrons. The van der Waals surface area contributed by atoms with Gasteiger partial charge in [0.1, 0.15) is 5.01 Å². The molecule has 0 saturated carbocycles. The summed E-state index contributed by atoms with van der Waals surface area (Å²) in [5.41, 5.74) is 0.289. The molecule has 3 rings (SSSR count). The van der Waals surface area contributed by atoms with E-state index < -0.39 is 15.9 Å². The molecule has 0 atom stereocenters. The molecule has 0 aliphatic rings. The lowest BCUT2D eigenvalue weighted by atomic mass is 10.2. The summed E-state index contributed by atoms with van der Waals surface area (Å²) in [5.74, 6) is -0.590. The van der Waals surface area contributed by atoms with Gasteiger partial charge in [0.2, 0.25) is 26.2 Å². The van der Waals surface area contributed by atoms with Crippen LogP contribution >= 0.6 is 34.4 Å². The predicted octanol–water partition coefficient (Wildman–Crippen LogP) is 3.49. The van der Waals surface area contributed by atoms with Gasteiger partial charge in [-0.2, -0.15) is 4.31 Å². The summed E-state index contributed by atoms with van der Waals surface area (Å²) in [6.45, 7) is 6.54. The Kier molecular flexibility index (Phi) is 9.68. The smallest absolute Gasteiger partial charge is 0.257 e. The molecular formula is C20H25N7O4S4. The molecule has 0 bridgehead atoms. The summed E-state index contributed by atoms with van der Waals surface area (Å²) >= 11 is 3.59. The third-order valence-corrected chi connectivity index (χ3v) is 9.07. The zero-order valence-corrected chi connectivity index (χ0v) is 22.6. The highest BCUT2D eigenvalue weighted by Gasteiger charge is 2.23. The summed E-state index contributed by atoms with van der Waals surface area (Å²) < 4.78 is 27.7. The molecule has 0 saturated heterocycles. The van der Waals surface area contributed by atoms with E-state index in [0.717, 1.165) is 29.2 Å². The van der Waals surface area contributed by atoms with E-state index in [9.17, 15) is 18.0 Å². The molecule has 1 aromatic carbocycles. The molecule has 2 amide bonds. The van der Waals surface area contributed by atoms with Crippen molar-refractivity contribution in [1.82, 2.24) is 24.7 Å². The summed E-state index contributed by atoms with van der Waals surface area (Å²) in [6.07, 6.45) is 1.44. The number of hydrogen-bond acceptors (Lipinski definition) is 11. The van der Waals surface area contributed by atoms with Crippen LogP contribution in [0.4, 0.5) is 10.3 Å². The van der Waals surface area contributed by atoms with E-state index in [-0.39, 0.29) is 27.3 Å². The Balaban J connectivity index is 1.56. The van der Waals surface area contributed by atoms with Crippen molar-refractivity contribution in [1.29, 1.82) is 0 Å². The molecule has 0 unspecified atom stereocenters. The van der Waals surface area contributed by atoms with Crippen molar-refractivity contribution in [2.45, 2.75) is 42.8 Å². The highest BCUT2D eigenvalue weighted by Crippen LogP contribution is 2.26. The van der Waals surface area contributed by atoms with E-state index in [0.29, 0.717) is 22.6 Å². The predicted molar refractivity (Wildman–Crippen MR) is 138 cm³/mol. The zero-order valence-electron chi connectivity index (χ0n) is 19.3. The topological polar surface area (TPSA) is 147 Å². The van der Waals surface area contributed by atoms with E-state index in [1.54, 1.807) is 6.92 Å². The first-order chi connectivity index (χ1) is 16.7. The number of rotatable bonds is 12. The van der Waals surface area contributed by atoms with Crippen LogP contribution in [0.15, 0.2) is 33.5 Å². The SMILES string of the molecule is CCCN(CCC)S(=O)(=O)c1ccc(C(=O)Nc2nnc(SCC(=O)Nc3nnc(C)s3)s2)cc1. The molecule has 11 nitrogen and oxygen atoms in total. The number of amides is 2. The standard InChI is InChI=1S/C20H25N7O4S4/c1-4-10-27(11-5-2)35(30,31)15-8-6-14(7-9-15)17(29)22-19-25-26-20(34-19)32-12-16(28)21-18-24-23-13(3)33-18/h6-9H,4-5,10-12H2,1-3H3,(H,21,24,28)(H,22,25,29). The number of sulfonamides is 1. The monoisotopic (exact) mass is 555 g/mol. The first kappa shape index (κ1) is 27.1. The fourth-order valence-corrected chi connectivity index (χ4v) is 6.67. The largest absolute Gasteiger partial charge is 0.300 e. The number of thioether (sulfide) groups is 1. The molecule has 2 N–H and O–H groups in total. The third-order valence-electron chi connectivity index (χ3n) is 4.43. The maximum Gasteiger partial charge on any atom is 0.257 e. The van der Waals surface area contributed by atoms with Crippen molar-refractivity contribution in [2.75, 3.05) is 29.5 Å². The van der Waals surface area contributed by atoms with Gasteiger partial charge in [-0.15, -0.1) is 20.4 Å². The van der Waals surface area contributed by atoms with Gasteiger partial charge >= 0.3 is 0 Å². The third kappa shape index (κ3) is 7.51. The second kappa shape index (κ2) is 12.5. The lowest BCUT2D eigenvalue weighted by Crippen LogP contribution is -2.32. The highest BCUT2D eigenvalue weighted by molar-refractivity contribution is 8.01. The highest BCUT2D eigenvalue weighted by atomic mass is 32.2. The molecule has 2 heterocycles. The molecule has 35 heavy (non-hydrogen) atoms. The molecule has 0 fully saturated rings. The Morgan fingerprint density at radius 3 is 2.17 bits per heavy atom. The van der Waals surface area contributed by atoms with Gasteiger partial charge in [-0.05, 0) is 44.0 Å². The van der Waals surface area contributed by atoms with Gasteiger partial charge < -0.3 is 0 Å². The number of anilines is 2. The molecule has 15 heteroatoms. The maximum absolute atomic E-state index is 12.9. The number of carbonyl (C=O) groups excluding carboxylic acids is 2. The molecule has 2 aromatic heterocycles. The number of aromatic nitrogens is 4. The first-order valence-corrected chi connectivity index (χ1v) is 14.8. The van der Waals surface area contributed by atoms with Crippen LogP contribution < -0.4 is 10.6 Å². The quantitative estimate of drug-likeness (QED) is 0.253. The van der Waals surface area contributed by atoms with E-state index in [4.69, 9.17) is 0 Å². The first-order valence-electron chi connectivity index (χ1n) is 10.7. The Hall–Kier alpha value is -2.46. The number of nitrogens with one attached hydrogen (secondary N) is 2. The molecule has 0 radical (unpaired) electrons. The summed E-state index contributed by atoms with van der Waals surface area (Å²) in [7, 11) is -3.62. The van der Waals surface area contributed by atoms with Crippen LogP contribution in [0.25, 0.3) is 0 Å². The minimum Gasteiger partial charge on any atom is -0.300 e. The molecule has 0 aliphatic heterocycles. The Bertz CT molecular complexity index is 1250. The van der Waals surface area contributed by atoms with Crippen LogP contribution in [0.1, 0.15) is 42.1 Å². The molecule has 0 spiro atoms. The second-order valence-electron chi connectivity index (χ2n) is 7.22. The van der Waals surface area contributed by atoms with Gasteiger partial charge in [0.25, 0.3) is 5.91 Å². The molecular weight excluding hydrogens is 531 g/mol. The summed E-state index contributed by atoms with van der Waals surface area (Å²) in [4.78, 5) is 24.8. The molecule has 0 aliphatic carbocycles. The van der Waals surface area contributed by atoms with Crippen LogP contribution in [-0.4, -0.2) is 63.8 Å². The van der Waals surface area contributed by atoms with Crippen LogP contribution in [0.2, 0.25) is 0 Å². The van der Waals surface area contributed by atoms with Crippen molar-refractivity contribution in [3.8, 4) is 0 Å². The average Bonchev–Trinajstić information content (AvgIpc) is 3.45. The van der Waals surface area contributed by atoms with Crippen molar-refractivity contribution >= 4 is 66.5 Å². The fraction of sp³-hybridized carbons (Fsp3) is 0.400. The van der Waals surface area contributed by atoms with Gasteiger partial charge in [-0.25, -0.2) is 8.42 Å². The van der Waals surface area contributed by atoms with E-state index >= 15 is 0 Å². The summed E-state index contributed by atoms with van der Waals surface area (Å²) in [6, 6.07) is 5.80. The molecule has 3 aromatic rings. The van der Waals surface area contributed by atoms with E-state index in [2.05, 4.69) is 31.0 Å². The van der Waals surface area contributed by atoms with Gasteiger partial charge in [0.05, 0.1) is 10.6 Å². The second-order valence-corrected chi connectivity index (χ2v) is 12.5. The van der Waals surface area contributed by atoms with Crippen molar-refractivity contribution in [2.24, 2.45) is 0 Å². The number of aryl methyl sites for hydroxylation is 1. The Morgan fingerprint density at radius 1 is 0.943 bits per heavy atom. The van der Waals surface area contributed by atoms with E-state index in [1.807, 2.05) is 13.8 Å². The minimum absolute atomic E-state index is 0.101. The fourth-order valence-electron chi connectivity index (χ4n) is 2.90. The van der Waals surface area contributed by atoms with Gasteiger partial charge in [-0.1, -0.05) is 48.3 Å². The number of benzene rings is 1. The van der Waals surface area contributed by atoms with Crippen LogP contribution in [-0.2, 0) is 14.8 Å². The van der Waals surface area contributed by atoms with Crippen LogP contribution in [0.3, 0.4) is 0 Å².